The number of benzene rings is 2. The molecule has 2 aromatic carbocycles. The molecule has 0 spiro atoms. The fourth-order valence-electron chi connectivity index (χ4n) is 2.81. The van der Waals surface area contributed by atoms with Crippen molar-refractivity contribution in [3.63, 3.8) is 0 Å². The summed E-state index contributed by atoms with van der Waals surface area (Å²) in [6, 6.07) is 12.8. The lowest BCUT2D eigenvalue weighted by Gasteiger charge is -2.22. The molecular weight excluding hydrogens is 394 g/mol. The first-order chi connectivity index (χ1) is 10.2. The number of ether oxygens (including phenoxy) is 1. The number of rotatable bonds is 4. The predicted octanol–water partition coefficient (Wildman–Crippen LogP) is 4.85. The molecule has 0 bridgehead atoms. The Bertz CT molecular complexity index is 657. The maximum atomic E-state index is 5.90. The molecule has 0 amide bonds. The molecule has 1 aliphatic heterocycles. The summed E-state index contributed by atoms with van der Waals surface area (Å²) in [5, 5.41) is 3.58. The SMILES string of the molecule is CCNC(c1ccccc1Br)c1cc(Br)cc2c1OCC2. The molecular formula is C17H17Br2NO. The minimum Gasteiger partial charge on any atom is -0.493 e. The summed E-state index contributed by atoms with van der Waals surface area (Å²) in [5.74, 6) is 1.04. The number of nitrogens with one attached hydrogen (secondary N) is 1. The Morgan fingerprint density at radius 1 is 1.19 bits per heavy atom. The Morgan fingerprint density at radius 3 is 2.76 bits per heavy atom. The van der Waals surface area contributed by atoms with Gasteiger partial charge in [0.1, 0.15) is 5.75 Å². The van der Waals surface area contributed by atoms with Crippen LogP contribution >= 0.6 is 31.9 Å². The molecule has 110 valence electrons. The van der Waals surface area contributed by atoms with Crippen molar-refractivity contribution in [3.05, 3.63) is 62.0 Å². The zero-order chi connectivity index (χ0) is 14.8. The molecule has 0 saturated carbocycles. The van der Waals surface area contributed by atoms with Crippen LogP contribution in [0.2, 0.25) is 0 Å². The average Bonchev–Trinajstić information content (AvgIpc) is 2.93. The third-order valence-electron chi connectivity index (χ3n) is 3.71. The molecule has 2 aromatic rings. The molecule has 1 unspecified atom stereocenters. The van der Waals surface area contributed by atoms with E-state index in [1.54, 1.807) is 0 Å². The number of halogens is 2. The number of fused-ring (bicyclic) bond motifs is 1. The van der Waals surface area contributed by atoms with Crippen LogP contribution in [-0.2, 0) is 6.42 Å². The minimum atomic E-state index is 0.120. The highest BCUT2D eigenvalue weighted by atomic mass is 79.9. The second-order valence-corrected chi connectivity index (χ2v) is 6.86. The van der Waals surface area contributed by atoms with E-state index >= 15 is 0 Å². The maximum absolute atomic E-state index is 5.90. The van der Waals surface area contributed by atoms with Crippen LogP contribution in [-0.4, -0.2) is 13.2 Å². The van der Waals surface area contributed by atoms with Gasteiger partial charge in [-0.2, -0.15) is 0 Å². The quantitative estimate of drug-likeness (QED) is 0.778. The Morgan fingerprint density at radius 2 is 2.00 bits per heavy atom. The second kappa shape index (κ2) is 6.51. The van der Waals surface area contributed by atoms with Gasteiger partial charge in [0, 0.05) is 20.9 Å². The van der Waals surface area contributed by atoms with Gasteiger partial charge in [0.2, 0.25) is 0 Å². The predicted molar refractivity (Wildman–Crippen MR) is 93.0 cm³/mol. The highest BCUT2D eigenvalue weighted by Gasteiger charge is 2.25. The molecule has 1 aliphatic rings. The Hall–Kier alpha value is -0.840. The van der Waals surface area contributed by atoms with Crippen LogP contribution in [0.5, 0.6) is 5.75 Å². The highest BCUT2D eigenvalue weighted by molar-refractivity contribution is 9.10. The summed E-state index contributed by atoms with van der Waals surface area (Å²) in [7, 11) is 0. The zero-order valence-electron chi connectivity index (χ0n) is 11.8. The van der Waals surface area contributed by atoms with E-state index in [0.29, 0.717) is 0 Å². The fraction of sp³-hybridized carbons (Fsp3) is 0.294. The minimum absolute atomic E-state index is 0.120. The molecule has 0 radical (unpaired) electrons. The van der Waals surface area contributed by atoms with Gasteiger partial charge in [-0.25, -0.2) is 0 Å². The van der Waals surface area contributed by atoms with E-state index in [0.717, 1.165) is 34.3 Å². The van der Waals surface area contributed by atoms with Gasteiger partial charge in [0.15, 0.2) is 0 Å². The summed E-state index contributed by atoms with van der Waals surface area (Å²) < 4.78 is 8.12. The molecule has 0 saturated heterocycles. The van der Waals surface area contributed by atoms with Gasteiger partial charge in [0.25, 0.3) is 0 Å². The van der Waals surface area contributed by atoms with Crippen LogP contribution in [0.4, 0.5) is 0 Å². The van der Waals surface area contributed by atoms with Gasteiger partial charge in [-0.1, -0.05) is 57.0 Å². The van der Waals surface area contributed by atoms with E-state index in [9.17, 15) is 0 Å². The van der Waals surface area contributed by atoms with Crippen LogP contribution in [0, 0.1) is 0 Å². The van der Waals surface area contributed by atoms with Gasteiger partial charge in [-0.3, -0.25) is 0 Å². The van der Waals surface area contributed by atoms with E-state index < -0.39 is 0 Å². The van der Waals surface area contributed by atoms with Gasteiger partial charge >= 0.3 is 0 Å². The number of hydrogen-bond donors (Lipinski definition) is 1. The lowest BCUT2D eigenvalue weighted by molar-refractivity contribution is 0.350. The lowest BCUT2D eigenvalue weighted by Crippen LogP contribution is -2.23. The zero-order valence-corrected chi connectivity index (χ0v) is 15.0. The second-order valence-electron chi connectivity index (χ2n) is 5.09. The highest BCUT2D eigenvalue weighted by Crippen LogP contribution is 2.40. The van der Waals surface area contributed by atoms with E-state index in [-0.39, 0.29) is 6.04 Å². The van der Waals surface area contributed by atoms with E-state index in [2.05, 4.69) is 74.4 Å². The van der Waals surface area contributed by atoms with E-state index in [1.807, 2.05) is 6.07 Å². The first kappa shape index (κ1) is 15.1. The molecule has 1 heterocycles. The number of hydrogen-bond acceptors (Lipinski definition) is 2. The van der Waals surface area contributed by atoms with Crippen molar-refractivity contribution in [3.8, 4) is 5.75 Å². The summed E-state index contributed by atoms with van der Waals surface area (Å²) in [6.07, 6.45) is 0.983. The van der Waals surface area contributed by atoms with E-state index in [1.165, 1.54) is 16.7 Å². The molecule has 1 atom stereocenters. The topological polar surface area (TPSA) is 21.3 Å². The van der Waals surface area contributed by atoms with Crippen molar-refractivity contribution in [1.82, 2.24) is 5.32 Å². The fourth-order valence-corrected chi connectivity index (χ4v) is 3.85. The van der Waals surface area contributed by atoms with Crippen LogP contribution in [0.25, 0.3) is 0 Å². The summed E-state index contributed by atoms with van der Waals surface area (Å²) >= 11 is 7.30. The van der Waals surface area contributed by atoms with Crippen molar-refractivity contribution < 1.29 is 4.74 Å². The molecule has 21 heavy (non-hydrogen) atoms. The molecule has 2 nitrogen and oxygen atoms in total. The van der Waals surface area contributed by atoms with Crippen molar-refractivity contribution in [2.75, 3.05) is 13.2 Å². The van der Waals surface area contributed by atoms with Crippen molar-refractivity contribution >= 4 is 31.9 Å². The van der Waals surface area contributed by atoms with Gasteiger partial charge < -0.3 is 10.1 Å². The molecule has 3 rings (SSSR count). The first-order valence-corrected chi connectivity index (χ1v) is 8.72. The van der Waals surface area contributed by atoms with E-state index in [4.69, 9.17) is 4.74 Å². The Balaban J connectivity index is 2.13. The van der Waals surface area contributed by atoms with Crippen molar-refractivity contribution in [1.29, 1.82) is 0 Å². The van der Waals surface area contributed by atoms with Crippen LogP contribution < -0.4 is 10.1 Å². The van der Waals surface area contributed by atoms with Gasteiger partial charge in [-0.05, 0) is 35.9 Å². The summed E-state index contributed by atoms with van der Waals surface area (Å²) in [6.45, 7) is 3.80. The molecule has 0 aromatic heterocycles. The molecule has 1 N–H and O–H groups in total. The molecule has 0 aliphatic carbocycles. The lowest BCUT2D eigenvalue weighted by atomic mass is 9.96. The normalized spacial score (nSPS) is 14.6. The third kappa shape index (κ3) is 3.03. The van der Waals surface area contributed by atoms with Crippen LogP contribution in [0.1, 0.15) is 29.7 Å². The average molecular weight is 411 g/mol. The Kier molecular flexibility index (Phi) is 4.67. The summed E-state index contributed by atoms with van der Waals surface area (Å²) in [4.78, 5) is 0. The van der Waals surface area contributed by atoms with Crippen molar-refractivity contribution in [2.45, 2.75) is 19.4 Å². The van der Waals surface area contributed by atoms with Crippen LogP contribution in [0.15, 0.2) is 45.3 Å². The monoisotopic (exact) mass is 409 g/mol. The maximum Gasteiger partial charge on any atom is 0.127 e. The first-order valence-electron chi connectivity index (χ1n) is 7.13. The van der Waals surface area contributed by atoms with Gasteiger partial charge in [-0.15, -0.1) is 0 Å². The van der Waals surface area contributed by atoms with Crippen LogP contribution in [0.3, 0.4) is 0 Å². The molecule has 0 fully saturated rings. The smallest absolute Gasteiger partial charge is 0.127 e. The largest absolute Gasteiger partial charge is 0.493 e. The van der Waals surface area contributed by atoms with Gasteiger partial charge in [0.05, 0.1) is 12.6 Å². The molecule has 4 heteroatoms. The third-order valence-corrected chi connectivity index (χ3v) is 4.89. The summed E-state index contributed by atoms with van der Waals surface area (Å²) in [5.41, 5.74) is 3.72. The van der Waals surface area contributed by atoms with Crippen molar-refractivity contribution in [2.24, 2.45) is 0 Å². The Labute approximate surface area is 142 Å². The standard InChI is InChI=1S/C17H17Br2NO/c1-2-20-16(13-5-3-4-6-15(13)19)14-10-12(18)9-11-7-8-21-17(11)14/h3-6,9-10,16,20H,2,7-8H2,1H3.